The number of carbonyl (C=O) groups is 2. The Labute approximate surface area is 148 Å². The summed E-state index contributed by atoms with van der Waals surface area (Å²) in [7, 11) is 1.56. The summed E-state index contributed by atoms with van der Waals surface area (Å²) in [6, 6.07) is 3.25. The third-order valence-electron chi connectivity index (χ3n) is 4.37. The molecule has 9 heteroatoms. The molecule has 0 spiro atoms. The largest absolute Gasteiger partial charge is 0.508 e. The van der Waals surface area contributed by atoms with Gasteiger partial charge in [0.25, 0.3) is 11.8 Å². The number of aromatic hydroxyl groups is 1. The van der Waals surface area contributed by atoms with Crippen LogP contribution in [0.15, 0.2) is 12.1 Å². The van der Waals surface area contributed by atoms with E-state index in [0.29, 0.717) is 22.1 Å². The third-order valence-corrected chi connectivity index (χ3v) is 4.37. The fourth-order valence-electron chi connectivity index (χ4n) is 3.13. The zero-order valence-corrected chi connectivity index (χ0v) is 14.5. The maximum Gasteiger partial charge on any atom is 0.269 e. The summed E-state index contributed by atoms with van der Waals surface area (Å²) in [6.07, 6.45) is 0. The second kappa shape index (κ2) is 5.73. The minimum absolute atomic E-state index is 0.00250. The van der Waals surface area contributed by atoms with Crippen molar-refractivity contribution in [3.05, 3.63) is 34.6 Å². The number of hydrogen-bond acceptors (Lipinski definition) is 6. The number of pyridine rings is 1. The van der Waals surface area contributed by atoms with E-state index >= 15 is 0 Å². The number of benzene rings is 1. The molecule has 2 amide bonds. The first-order valence-electron chi connectivity index (χ1n) is 7.70. The average Bonchev–Trinajstić information content (AvgIpc) is 2.89. The molecule has 1 aromatic carbocycles. The molecule has 7 N–H and O–H groups in total. The van der Waals surface area contributed by atoms with Crippen molar-refractivity contribution in [1.29, 1.82) is 0 Å². The monoisotopic (exact) mass is 354 g/mol. The number of nitrogens with two attached hydrogens (primary N) is 3. The van der Waals surface area contributed by atoms with E-state index in [2.05, 4.69) is 10.1 Å². The van der Waals surface area contributed by atoms with Gasteiger partial charge in [0.2, 0.25) is 0 Å². The molecule has 0 saturated heterocycles. The van der Waals surface area contributed by atoms with Crippen LogP contribution in [-0.2, 0) is 7.05 Å². The zero-order chi connectivity index (χ0) is 19.3. The van der Waals surface area contributed by atoms with Crippen LogP contribution in [0.4, 0.5) is 5.69 Å². The summed E-state index contributed by atoms with van der Waals surface area (Å²) in [5.74, 6) is -1.54. The Morgan fingerprint density at radius 3 is 2.27 bits per heavy atom. The van der Waals surface area contributed by atoms with E-state index in [1.165, 1.54) is 4.68 Å². The molecule has 2 heterocycles. The first-order chi connectivity index (χ1) is 12.1. The van der Waals surface area contributed by atoms with E-state index in [1.807, 2.05) is 6.92 Å². The Bertz CT molecular complexity index is 1100. The van der Waals surface area contributed by atoms with E-state index in [1.54, 1.807) is 26.1 Å². The van der Waals surface area contributed by atoms with Crippen molar-refractivity contribution in [2.75, 3.05) is 5.73 Å². The molecular formula is C17H18N6O3. The minimum atomic E-state index is -0.817. The van der Waals surface area contributed by atoms with Crippen molar-refractivity contribution in [1.82, 2.24) is 14.8 Å². The van der Waals surface area contributed by atoms with Crippen LogP contribution in [0.5, 0.6) is 5.75 Å². The lowest BCUT2D eigenvalue weighted by Gasteiger charge is -2.16. The molecule has 0 aliphatic heterocycles. The van der Waals surface area contributed by atoms with E-state index in [4.69, 9.17) is 17.2 Å². The van der Waals surface area contributed by atoms with Gasteiger partial charge < -0.3 is 22.3 Å². The number of aryl methyl sites for hydroxylation is 2. The highest BCUT2D eigenvalue weighted by atomic mass is 16.3. The second-order valence-electron chi connectivity index (χ2n) is 6.05. The first-order valence-corrected chi connectivity index (χ1v) is 7.70. The number of carbonyl (C=O) groups excluding carboxylic acids is 2. The number of nitrogens with zero attached hydrogens (tertiary/aromatic N) is 3. The average molecular weight is 354 g/mol. The van der Waals surface area contributed by atoms with Crippen molar-refractivity contribution in [3.63, 3.8) is 0 Å². The number of nitrogen functional groups attached to an aromatic ring is 1. The Hall–Kier alpha value is -3.62. The lowest BCUT2D eigenvalue weighted by atomic mass is 9.91. The number of phenolic OH excluding ortho intramolecular Hbond substituents is 1. The summed E-state index contributed by atoms with van der Waals surface area (Å²) < 4.78 is 1.33. The van der Waals surface area contributed by atoms with Crippen molar-refractivity contribution in [2.24, 2.45) is 18.5 Å². The van der Waals surface area contributed by atoms with Crippen molar-refractivity contribution in [3.8, 4) is 16.9 Å². The lowest BCUT2D eigenvalue weighted by molar-refractivity contribution is 0.0988. The highest BCUT2D eigenvalue weighted by Crippen LogP contribution is 2.41. The Kier molecular flexibility index (Phi) is 3.79. The van der Waals surface area contributed by atoms with Crippen LogP contribution in [0.1, 0.15) is 32.1 Å². The number of rotatable bonds is 3. The SMILES string of the molecule is Cc1ccc(O)c(C)c1-c1c(N)c(C(N)=O)nc2c1c(C(N)=O)nn2C. The van der Waals surface area contributed by atoms with Crippen LogP contribution >= 0.6 is 0 Å². The van der Waals surface area contributed by atoms with Crippen molar-refractivity contribution >= 4 is 28.5 Å². The predicted molar refractivity (Wildman–Crippen MR) is 96.5 cm³/mol. The second-order valence-corrected chi connectivity index (χ2v) is 6.05. The maximum atomic E-state index is 11.9. The highest BCUT2D eigenvalue weighted by Gasteiger charge is 2.27. The van der Waals surface area contributed by atoms with E-state index in [0.717, 1.165) is 5.56 Å². The zero-order valence-electron chi connectivity index (χ0n) is 14.5. The van der Waals surface area contributed by atoms with Gasteiger partial charge in [-0.3, -0.25) is 9.59 Å². The molecule has 3 rings (SSSR count). The summed E-state index contributed by atoms with van der Waals surface area (Å²) in [6.45, 7) is 3.52. The molecule has 3 aromatic rings. The van der Waals surface area contributed by atoms with Crippen LogP contribution in [0.3, 0.4) is 0 Å². The van der Waals surface area contributed by atoms with Gasteiger partial charge in [-0.15, -0.1) is 0 Å². The van der Waals surface area contributed by atoms with Crippen LogP contribution in [0.2, 0.25) is 0 Å². The van der Waals surface area contributed by atoms with Gasteiger partial charge in [-0.05, 0) is 36.6 Å². The highest BCUT2D eigenvalue weighted by molar-refractivity contribution is 6.15. The van der Waals surface area contributed by atoms with Gasteiger partial charge in [-0.2, -0.15) is 5.10 Å². The summed E-state index contributed by atoms with van der Waals surface area (Å²) in [5.41, 5.74) is 19.4. The van der Waals surface area contributed by atoms with Crippen LogP contribution in [0, 0.1) is 13.8 Å². The fraction of sp³-hybridized carbons (Fsp3) is 0.176. The molecule has 134 valence electrons. The maximum absolute atomic E-state index is 11.9. The summed E-state index contributed by atoms with van der Waals surface area (Å²) in [4.78, 5) is 27.9. The molecule has 0 fully saturated rings. The summed E-state index contributed by atoms with van der Waals surface area (Å²) in [5, 5.41) is 14.6. The van der Waals surface area contributed by atoms with Gasteiger partial charge in [0.1, 0.15) is 5.75 Å². The van der Waals surface area contributed by atoms with Gasteiger partial charge >= 0.3 is 0 Å². The number of phenols is 1. The normalized spacial score (nSPS) is 11.0. The molecule has 2 aromatic heterocycles. The number of fused-ring (bicyclic) bond motifs is 1. The Balaban J connectivity index is 2.64. The topological polar surface area (TPSA) is 163 Å². The molecule has 0 bridgehead atoms. The molecule has 0 saturated carbocycles. The van der Waals surface area contributed by atoms with E-state index in [-0.39, 0.29) is 28.5 Å². The number of primary amides is 2. The Morgan fingerprint density at radius 2 is 1.69 bits per heavy atom. The standard InChI is InChI=1S/C17H18N6O3/c1-6-4-5-8(24)7(2)9(6)10-11-13(15(19)25)22-23(3)17(11)21-14(12(10)18)16(20)26/h4-5,24H,18H2,1-3H3,(H2,19,25)(H2,20,26). The number of amides is 2. The van der Waals surface area contributed by atoms with Gasteiger partial charge in [0.15, 0.2) is 17.0 Å². The first kappa shape index (κ1) is 17.2. The van der Waals surface area contributed by atoms with E-state index < -0.39 is 11.8 Å². The van der Waals surface area contributed by atoms with Crippen molar-refractivity contribution < 1.29 is 14.7 Å². The van der Waals surface area contributed by atoms with Gasteiger partial charge in [0.05, 0.1) is 11.1 Å². The molecule has 0 atom stereocenters. The molecule has 0 aliphatic rings. The number of anilines is 1. The quantitative estimate of drug-likeness (QED) is 0.542. The van der Waals surface area contributed by atoms with Crippen LogP contribution < -0.4 is 17.2 Å². The lowest BCUT2D eigenvalue weighted by Crippen LogP contribution is -2.17. The number of aromatic nitrogens is 3. The molecule has 0 radical (unpaired) electrons. The molecule has 0 aliphatic carbocycles. The van der Waals surface area contributed by atoms with E-state index in [9.17, 15) is 14.7 Å². The van der Waals surface area contributed by atoms with Crippen LogP contribution in [0.25, 0.3) is 22.2 Å². The minimum Gasteiger partial charge on any atom is -0.508 e. The molecular weight excluding hydrogens is 336 g/mol. The van der Waals surface area contributed by atoms with Gasteiger partial charge in [0, 0.05) is 12.6 Å². The number of hydrogen-bond donors (Lipinski definition) is 4. The molecule has 9 nitrogen and oxygen atoms in total. The van der Waals surface area contributed by atoms with Crippen molar-refractivity contribution in [2.45, 2.75) is 13.8 Å². The van der Waals surface area contributed by atoms with Crippen LogP contribution in [-0.4, -0.2) is 31.7 Å². The van der Waals surface area contributed by atoms with Gasteiger partial charge in [-0.1, -0.05) is 6.07 Å². The summed E-state index contributed by atoms with van der Waals surface area (Å²) >= 11 is 0. The molecule has 26 heavy (non-hydrogen) atoms. The predicted octanol–water partition coefficient (Wildman–Crippen LogP) is 0.738. The third kappa shape index (κ3) is 2.32. The molecule has 0 unspecified atom stereocenters. The fourth-order valence-corrected chi connectivity index (χ4v) is 3.13. The Morgan fingerprint density at radius 1 is 1.08 bits per heavy atom. The smallest absolute Gasteiger partial charge is 0.269 e. The van der Waals surface area contributed by atoms with Gasteiger partial charge in [-0.25, -0.2) is 9.67 Å².